The van der Waals surface area contributed by atoms with Gasteiger partial charge in [-0.3, -0.25) is 4.79 Å². The van der Waals surface area contributed by atoms with Crippen molar-refractivity contribution in [1.29, 1.82) is 0 Å². The van der Waals surface area contributed by atoms with Crippen LogP contribution in [0.1, 0.15) is 62.7 Å². The van der Waals surface area contributed by atoms with Gasteiger partial charge in [-0.15, -0.1) is 0 Å². The van der Waals surface area contributed by atoms with Crippen molar-refractivity contribution in [2.75, 3.05) is 0 Å². The van der Waals surface area contributed by atoms with E-state index in [0.717, 1.165) is 24.8 Å². The molecule has 0 bridgehead atoms. The highest BCUT2D eigenvalue weighted by atomic mass is 16.4. The Morgan fingerprint density at radius 3 is 2.40 bits per heavy atom. The van der Waals surface area contributed by atoms with E-state index in [1.807, 2.05) is 12.1 Å². The van der Waals surface area contributed by atoms with E-state index >= 15 is 0 Å². The fraction of sp³-hybridized carbons (Fsp3) is 0.588. The van der Waals surface area contributed by atoms with E-state index in [4.69, 9.17) is 0 Å². The van der Waals surface area contributed by atoms with Crippen LogP contribution < -0.4 is 0 Å². The summed E-state index contributed by atoms with van der Waals surface area (Å²) in [4.78, 5) is 11.2. The van der Waals surface area contributed by atoms with E-state index in [-0.39, 0.29) is 5.92 Å². The Balaban J connectivity index is 2.12. The molecule has 0 heterocycles. The molecule has 110 valence electrons. The third-order valence-electron chi connectivity index (χ3n) is 4.75. The average molecular weight is 276 g/mol. The maximum Gasteiger partial charge on any atom is 0.306 e. The van der Waals surface area contributed by atoms with Gasteiger partial charge in [0, 0.05) is 5.92 Å². The van der Waals surface area contributed by atoms with Gasteiger partial charge >= 0.3 is 5.97 Å². The van der Waals surface area contributed by atoms with Crippen LogP contribution in [0.3, 0.4) is 0 Å². The average Bonchev–Trinajstić information content (AvgIpc) is 2.95. The predicted octanol–water partition coefficient (Wildman–Crippen LogP) is 3.73. The molecule has 0 amide bonds. The monoisotopic (exact) mass is 276 g/mol. The largest absolute Gasteiger partial charge is 0.481 e. The number of aliphatic carboxylic acids is 1. The molecular weight excluding hydrogens is 252 g/mol. The number of carbonyl (C=O) groups is 1. The summed E-state index contributed by atoms with van der Waals surface area (Å²) in [7, 11) is 0. The fourth-order valence-electron chi connectivity index (χ4n) is 3.18. The minimum absolute atomic E-state index is 0.151. The van der Waals surface area contributed by atoms with Crippen molar-refractivity contribution >= 4 is 5.97 Å². The van der Waals surface area contributed by atoms with Crippen molar-refractivity contribution in [1.82, 2.24) is 0 Å². The van der Waals surface area contributed by atoms with Crippen LogP contribution in [0.2, 0.25) is 0 Å². The van der Waals surface area contributed by atoms with E-state index in [0.29, 0.717) is 12.3 Å². The molecule has 0 aliphatic heterocycles. The summed E-state index contributed by atoms with van der Waals surface area (Å²) in [6.45, 7) is 4.34. The molecule has 4 atom stereocenters. The van der Waals surface area contributed by atoms with Gasteiger partial charge in [0.1, 0.15) is 0 Å². The highest BCUT2D eigenvalue weighted by Crippen LogP contribution is 2.40. The predicted molar refractivity (Wildman–Crippen MR) is 78.6 cm³/mol. The van der Waals surface area contributed by atoms with Crippen LogP contribution in [-0.4, -0.2) is 16.2 Å². The zero-order valence-corrected chi connectivity index (χ0v) is 12.2. The molecular formula is C17H24O3. The lowest BCUT2D eigenvalue weighted by atomic mass is 9.86. The first kappa shape index (κ1) is 15.0. The third kappa shape index (κ3) is 3.04. The van der Waals surface area contributed by atoms with Gasteiger partial charge in [-0.2, -0.15) is 0 Å². The highest BCUT2D eigenvalue weighted by molar-refractivity contribution is 5.70. The van der Waals surface area contributed by atoms with Crippen molar-refractivity contribution in [3.63, 3.8) is 0 Å². The van der Waals surface area contributed by atoms with E-state index in [9.17, 15) is 15.0 Å². The summed E-state index contributed by atoms with van der Waals surface area (Å²) in [5, 5.41) is 19.7. The second-order valence-corrected chi connectivity index (χ2v) is 5.96. The Morgan fingerprint density at radius 2 is 1.85 bits per heavy atom. The zero-order chi connectivity index (χ0) is 14.7. The summed E-state index contributed by atoms with van der Waals surface area (Å²) < 4.78 is 0. The molecule has 0 saturated heterocycles. The quantitative estimate of drug-likeness (QED) is 0.861. The first-order valence-corrected chi connectivity index (χ1v) is 7.55. The molecule has 0 aromatic heterocycles. The third-order valence-corrected chi connectivity index (χ3v) is 4.75. The molecule has 1 aliphatic rings. The number of aliphatic hydroxyl groups excluding tert-OH is 1. The molecule has 20 heavy (non-hydrogen) atoms. The molecule has 1 aromatic carbocycles. The minimum Gasteiger partial charge on any atom is -0.481 e. The molecule has 0 spiro atoms. The lowest BCUT2D eigenvalue weighted by molar-refractivity contribution is -0.144. The smallest absolute Gasteiger partial charge is 0.306 e. The number of benzene rings is 1. The van der Waals surface area contributed by atoms with Crippen LogP contribution in [0.15, 0.2) is 24.3 Å². The number of hydrogen-bond donors (Lipinski definition) is 2. The first-order valence-electron chi connectivity index (χ1n) is 7.55. The maximum atomic E-state index is 11.2. The van der Waals surface area contributed by atoms with Crippen molar-refractivity contribution in [2.45, 2.75) is 51.6 Å². The normalized spacial score (nSPS) is 25.4. The van der Waals surface area contributed by atoms with Crippen LogP contribution in [0.5, 0.6) is 0 Å². The summed E-state index contributed by atoms with van der Waals surface area (Å²) in [6.07, 6.45) is 2.80. The molecule has 1 aliphatic carbocycles. The Labute approximate surface area is 120 Å². The van der Waals surface area contributed by atoms with Crippen molar-refractivity contribution in [2.24, 2.45) is 11.8 Å². The summed E-state index contributed by atoms with van der Waals surface area (Å²) in [5.74, 6) is -0.816. The van der Waals surface area contributed by atoms with Gasteiger partial charge in [-0.05, 0) is 36.3 Å². The topological polar surface area (TPSA) is 57.5 Å². The number of carboxylic acids is 1. The van der Waals surface area contributed by atoms with Gasteiger partial charge in [0.2, 0.25) is 0 Å². The van der Waals surface area contributed by atoms with Gasteiger partial charge in [-0.1, -0.05) is 44.5 Å². The SMILES string of the molecule is CCC(C)c1ccc(C(O)C2CCCC2C(=O)O)cc1. The Hall–Kier alpha value is -1.35. The minimum atomic E-state index is -0.775. The number of carboxylic acid groups (broad SMARTS) is 1. The maximum absolute atomic E-state index is 11.2. The molecule has 3 heteroatoms. The number of aliphatic hydroxyl groups is 1. The highest BCUT2D eigenvalue weighted by Gasteiger charge is 2.37. The standard InChI is InChI=1S/C17H24O3/c1-3-11(2)12-7-9-13(10-8-12)16(18)14-5-4-6-15(14)17(19)20/h7-11,14-16,18H,3-6H2,1-2H3,(H,19,20). The van der Waals surface area contributed by atoms with Gasteiger partial charge in [0.25, 0.3) is 0 Å². The lowest BCUT2D eigenvalue weighted by Crippen LogP contribution is -2.23. The molecule has 1 fully saturated rings. The molecule has 2 rings (SSSR count). The van der Waals surface area contributed by atoms with Gasteiger partial charge < -0.3 is 10.2 Å². The van der Waals surface area contributed by atoms with E-state index in [2.05, 4.69) is 26.0 Å². The van der Waals surface area contributed by atoms with Crippen molar-refractivity contribution in [3.05, 3.63) is 35.4 Å². The fourth-order valence-corrected chi connectivity index (χ4v) is 3.18. The zero-order valence-electron chi connectivity index (χ0n) is 12.2. The second-order valence-electron chi connectivity index (χ2n) is 5.96. The van der Waals surface area contributed by atoms with Crippen LogP contribution in [0.4, 0.5) is 0 Å². The van der Waals surface area contributed by atoms with Crippen LogP contribution in [0.25, 0.3) is 0 Å². The summed E-state index contributed by atoms with van der Waals surface area (Å²) >= 11 is 0. The van der Waals surface area contributed by atoms with Crippen LogP contribution >= 0.6 is 0 Å². The van der Waals surface area contributed by atoms with Crippen LogP contribution in [-0.2, 0) is 4.79 Å². The molecule has 1 saturated carbocycles. The van der Waals surface area contributed by atoms with E-state index < -0.39 is 18.0 Å². The van der Waals surface area contributed by atoms with Crippen molar-refractivity contribution in [3.8, 4) is 0 Å². The van der Waals surface area contributed by atoms with Crippen molar-refractivity contribution < 1.29 is 15.0 Å². The Morgan fingerprint density at radius 1 is 1.25 bits per heavy atom. The molecule has 3 nitrogen and oxygen atoms in total. The molecule has 0 radical (unpaired) electrons. The Kier molecular flexibility index (Phi) is 4.81. The summed E-state index contributed by atoms with van der Waals surface area (Å²) in [5.41, 5.74) is 2.11. The molecule has 4 unspecified atom stereocenters. The molecule has 1 aromatic rings. The number of rotatable bonds is 5. The van der Waals surface area contributed by atoms with Gasteiger partial charge in [0.05, 0.1) is 12.0 Å². The first-order chi connectivity index (χ1) is 9.54. The second kappa shape index (κ2) is 6.40. The molecule has 2 N–H and O–H groups in total. The van der Waals surface area contributed by atoms with Crippen LogP contribution in [0, 0.1) is 11.8 Å². The Bertz CT molecular complexity index is 452. The van der Waals surface area contributed by atoms with Gasteiger partial charge in [-0.25, -0.2) is 0 Å². The van der Waals surface area contributed by atoms with E-state index in [1.165, 1.54) is 5.56 Å². The van der Waals surface area contributed by atoms with E-state index in [1.54, 1.807) is 0 Å². The van der Waals surface area contributed by atoms with Gasteiger partial charge in [0.15, 0.2) is 0 Å². The lowest BCUT2D eigenvalue weighted by Gasteiger charge is -2.23. The summed E-state index contributed by atoms with van der Waals surface area (Å²) in [6, 6.07) is 8.00. The number of hydrogen-bond acceptors (Lipinski definition) is 2.